The Morgan fingerprint density at radius 2 is 1.49 bits per heavy atom. The number of Topliss-reactive ketones (excluding diaryl/α,β-unsaturated/α-hetero) is 1. The summed E-state index contributed by atoms with van der Waals surface area (Å²) in [6.07, 6.45) is 15.1. The molecule has 55 heavy (non-hydrogen) atoms. The number of carbonyl (C=O) groups excluding carboxylic acids is 2. The van der Waals surface area contributed by atoms with Gasteiger partial charge < -0.3 is 30.3 Å². The van der Waals surface area contributed by atoms with Crippen LogP contribution in [0.15, 0.2) is 87.9 Å². The number of aldehydes is 1. The zero-order valence-corrected chi connectivity index (χ0v) is 32.5. The van der Waals surface area contributed by atoms with E-state index >= 15 is 0 Å². The normalized spacial score (nSPS) is 11.7. The fraction of sp³-hybridized carbons (Fsp3) is 0.289. The smallest absolute Gasteiger partial charge is 0.196 e. The number of fused-ring (bicyclic) bond motifs is 2. The summed E-state index contributed by atoms with van der Waals surface area (Å²) in [7, 11) is 0. The second-order valence-electron chi connectivity index (χ2n) is 12.4. The van der Waals surface area contributed by atoms with Crippen LogP contribution < -0.4 is 10.6 Å². The number of pyridine rings is 2. The third-order valence-corrected chi connectivity index (χ3v) is 10.0. The van der Waals surface area contributed by atoms with Gasteiger partial charge in [0.2, 0.25) is 0 Å². The van der Waals surface area contributed by atoms with E-state index in [1.54, 1.807) is 51.2 Å². The van der Waals surface area contributed by atoms with E-state index in [9.17, 15) is 14.7 Å². The number of aliphatic hydroxyl groups is 1. The molecule has 7 aromatic heterocycles. The molecule has 0 saturated carbocycles. The Hall–Kier alpha value is -5.65. The molecule has 284 valence electrons. The molecule has 0 aliphatic heterocycles. The first-order valence-corrected chi connectivity index (χ1v) is 19.5. The maximum absolute atomic E-state index is 12.4. The molecule has 0 unspecified atom stereocenters. The van der Waals surface area contributed by atoms with Gasteiger partial charge in [-0.15, -0.1) is 0 Å². The number of nitrogens with one attached hydrogen (secondary N) is 4. The van der Waals surface area contributed by atoms with Gasteiger partial charge in [0.1, 0.15) is 22.9 Å². The number of aryl methyl sites for hydroxylation is 3. The Kier molecular flexibility index (Phi) is 13.2. The average Bonchev–Trinajstić information content (AvgIpc) is 3.94. The van der Waals surface area contributed by atoms with E-state index in [0.717, 1.165) is 52.2 Å². The summed E-state index contributed by atoms with van der Waals surface area (Å²) in [4.78, 5) is 63.2. The van der Waals surface area contributed by atoms with E-state index in [-0.39, 0.29) is 5.78 Å². The molecule has 0 spiro atoms. The van der Waals surface area contributed by atoms with Gasteiger partial charge in [-0.2, -0.15) is 0 Å². The molecule has 0 aromatic carbocycles. The van der Waals surface area contributed by atoms with Gasteiger partial charge in [-0.25, -0.2) is 24.9 Å². The maximum Gasteiger partial charge on any atom is 0.196 e. The van der Waals surface area contributed by atoms with Crippen LogP contribution in [-0.4, -0.2) is 85.8 Å². The topological polar surface area (TPSA) is 205 Å². The molecule has 7 heterocycles. The van der Waals surface area contributed by atoms with Crippen LogP contribution in [-0.2, 0) is 19.4 Å². The Morgan fingerprint density at radius 3 is 2.02 bits per heavy atom. The molecule has 0 amide bonds. The van der Waals surface area contributed by atoms with E-state index in [1.165, 1.54) is 23.5 Å². The molecule has 0 radical (unpaired) electrons. The number of imidazole rings is 1. The maximum atomic E-state index is 12.4. The standard InChI is InChI=1S/C21H23N7OS.C17H19N5O2S/c1-3-16-17(14(2)29)18-19(24-8-5-10-28-11-9-23-13-28)26-21(27-20(18)25-16)30-15-6-4-7-22-12-15;1-3-13-12(9-23)14-15(19-7-10(2)24)21-17(22-16(14)20-13)25-11-5-4-6-18-8-11/h4,6-7,9,11-13H,3,5,8,10H2,1-2H3,(H2,24,25,26,27);4-6,8-10,24H,3,7H2,1-2H3,(H2,19,20,21,22)/t;10-/m.0/s1. The highest BCUT2D eigenvalue weighted by molar-refractivity contribution is 7.99. The fourth-order valence-corrected chi connectivity index (χ4v) is 7.33. The van der Waals surface area contributed by atoms with Crippen molar-refractivity contribution in [3.05, 3.63) is 90.3 Å². The van der Waals surface area contributed by atoms with Crippen molar-refractivity contribution in [1.82, 2.24) is 49.4 Å². The molecule has 7 rings (SSSR count). The zero-order chi connectivity index (χ0) is 38.7. The van der Waals surface area contributed by atoms with E-state index in [4.69, 9.17) is 4.98 Å². The summed E-state index contributed by atoms with van der Waals surface area (Å²) >= 11 is 2.83. The van der Waals surface area contributed by atoms with Gasteiger partial charge in [0.25, 0.3) is 0 Å². The number of hydrogen-bond donors (Lipinski definition) is 5. The number of nitrogens with zero attached hydrogens (tertiary/aromatic N) is 8. The highest BCUT2D eigenvalue weighted by Crippen LogP contribution is 2.33. The molecular formula is C38H42N12O3S2. The summed E-state index contributed by atoms with van der Waals surface area (Å²) in [6, 6.07) is 7.63. The number of ketones is 1. The molecule has 7 aromatic rings. The van der Waals surface area contributed by atoms with Gasteiger partial charge in [0.05, 0.1) is 28.8 Å². The summed E-state index contributed by atoms with van der Waals surface area (Å²) in [5.74, 6) is 1.23. The number of rotatable bonds is 16. The van der Waals surface area contributed by atoms with E-state index in [1.807, 2.05) is 48.9 Å². The lowest BCUT2D eigenvalue weighted by Crippen LogP contribution is -2.16. The lowest BCUT2D eigenvalue weighted by Gasteiger charge is -2.10. The number of aliphatic hydroxyl groups excluding tert-OH is 1. The minimum atomic E-state index is -0.538. The zero-order valence-electron chi connectivity index (χ0n) is 30.9. The van der Waals surface area contributed by atoms with Crippen molar-refractivity contribution in [2.75, 3.05) is 23.7 Å². The molecule has 0 saturated heterocycles. The van der Waals surface area contributed by atoms with Crippen molar-refractivity contribution in [2.24, 2.45) is 0 Å². The largest absolute Gasteiger partial charge is 0.392 e. The molecule has 0 fully saturated rings. The predicted octanol–water partition coefficient (Wildman–Crippen LogP) is 6.64. The van der Waals surface area contributed by atoms with Crippen LogP contribution in [0, 0.1) is 0 Å². The summed E-state index contributed by atoms with van der Waals surface area (Å²) < 4.78 is 2.04. The van der Waals surface area contributed by atoms with E-state index in [2.05, 4.69) is 50.5 Å². The van der Waals surface area contributed by atoms with Gasteiger partial charge in [-0.05, 0) is 80.9 Å². The molecule has 0 bridgehead atoms. The monoisotopic (exact) mass is 778 g/mol. The lowest BCUT2D eigenvalue weighted by molar-refractivity contribution is 0.101. The predicted molar refractivity (Wildman–Crippen MR) is 214 cm³/mol. The molecule has 17 heteroatoms. The van der Waals surface area contributed by atoms with Crippen molar-refractivity contribution in [3.8, 4) is 0 Å². The van der Waals surface area contributed by atoms with Crippen molar-refractivity contribution in [1.29, 1.82) is 0 Å². The van der Waals surface area contributed by atoms with Gasteiger partial charge in [0.15, 0.2) is 22.4 Å². The number of aromatic amines is 2. The van der Waals surface area contributed by atoms with Crippen LogP contribution in [0.5, 0.6) is 0 Å². The highest BCUT2D eigenvalue weighted by Gasteiger charge is 2.21. The Morgan fingerprint density at radius 1 is 0.873 bits per heavy atom. The van der Waals surface area contributed by atoms with Crippen molar-refractivity contribution in [2.45, 2.75) is 79.7 Å². The van der Waals surface area contributed by atoms with E-state index < -0.39 is 6.10 Å². The number of hydrogen-bond acceptors (Lipinski definition) is 14. The second kappa shape index (κ2) is 18.6. The van der Waals surface area contributed by atoms with Crippen LogP contribution in [0.4, 0.5) is 11.6 Å². The first kappa shape index (κ1) is 39.1. The Balaban J connectivity index is 0.000000190. The molecule has 1 atom stereocenters. The van der Waals surface area contributed by atoms with Crippen LogP contribution >= 0.6 is 23.5 Å². The van der Waals surface area contributed by atoms with Crippen molar-refractivity contribution < 1.29 is 14.7 Å². The molecule has 5 N–H and O–H groups in total. The van der Waals surface area contributed by atoms with Gasteiger partial charge in [-0.3, -0.25) is 19.6 Å². The van der Waals surface area contributed by atoms with Crippen LogP contribution in [0.3, 0.4) is 0 Å². The molecule has 15 nitrogen and oxygen atoms in total. The summed E-state index contributed by atoms with van der Waals surface area (Å²) in [5, 5.41) is 18.7. The van der Waals surface area contributed by atoms with Crippen LogP contribution in [0.1, 0.15) is 66.2 Å². The SMILES string of the molecule is CCc1[nH]c2nc(Sc3cccnc3)nc(NCCCn3ccnc3)c2c1C(C)=O.CCc1[nH]c2nc(Sc3cccnc3)nc(NC[C@H](C)O)c2c1C=O. The van der Waals surface area contributed by atoms with Crippen molar-refractivity contribution >= 4 is 69.3 Å². The summed E-state index contributed by atoms with van der Waals surface area (Å²) in [6.45, 7) is 9.16. The summed E-state index contributed by atoms with van der Waals surface area (Å²) in [5.41, 5.74) is 4.22. The van der Waals surface area contributed by atoms with Crippen molar-refractivity contribution in [3.63, 3.8) is 0 Å². The quantitative estimate of drug-likeness (QED) is 0.0302. The van der Waals surface area contributed by atoms with E-state index in [0.29, 0.717) is 69.3 Å². The fourth-order valence-electron chi connectivity index (χ4n) is 5.84. The van der Waals surface area contributed by atoms with Crippen LogP contribution in [0.2, 0.25) is 0 Å². The highest BCUT2D eigenvalue weighted by atomic mass is 32.2. The number of aromatic nitrogens is 10. The number of H-pyrrole nitrogens is 2. The third kappa shape index (κ3) is 9.72. The molecule has 0 aliphatic rings. The van der Waals surface area contributed by atoms with Gasteiger partial charge >= 0.3 is 0 Å². The molecular weight excluding hydrogens is 737 g/mol. The minimum absolute atomic E-state index is 0.0100. The lowest BCUT2D eigenvalue weighted by atomic mass is 10.1. The molecule has 0 aliphatic carbocycles. The first-order valence-electron chi connectivity index (χ1n) is 17.9. The van der Waals surface area contributed by atoms with Gasteiger partial charge in [-0.1, -0.05) is 13.8 Å². The Labute approximate surface area is 326 Å². The Bertz CT molecular complexity index is 2350. The third-order valence-electron chi connectivity index (χ3n) is 8.34. The number of carbonyl (C=O) groups is 2. The second-order valence-corrected chi connectivity index (χ2v) is 14.5. The van der Waals surface area contributed by atoms with Gasteiger partial charge in [0, 0.05) is 83.6 Å². The minimum Gasteiger partial charge on any atom is -0.392 e. The first-order chi connectivity index (χ1) is 26.8. The van der Waals surface area contributed by atoms with Crippen LogP contribution in [0.25, 0.3) is 22.1 Å². The number of anilines is 2. The average molecular weight is 779 g/mol.